The van der Waals surface area contributed by atoms with E-state index in [9.17, 15) is 9.59 Å². The first kappa shape index (κ1) is 13.1. The summed E-state index contributed by atoms with van der Waals surface area (Å²) in [5.74, 6) is 1.51. The van der Waals surface area contributed by atoms with Crippen LogP contribution in [-0.2, 0) is 14.3 Å². The number of esters is 1. The summed E-state index contributed by atoms with van der Waals surface area (Å²) in [7, 11) is 0. The number of Topliss-reactive ketones (excluding diaryl/α,β-unsaturated/α-hetero) is 1. The third kappa shape index (κ3) is 2.11. The lowest BCUT2D eigenvalue weighted by Gasteiger charge is -2.58. The summed E-state index contributed by atoms with van der Waals surface area (Å²) < 4.78 is 5.20. The number of carbonyl (C=O) groups excluding carboxylic acids is 2. The van der Waals surface area contributed by atoms with Crippen molar-refractivity contribution in [3.63, 3.8) is 0 Å². The smallest absolute Gasteiger partial charge is 0.317 e. The van der Waals surface area contributed by atoms with Gasteiger partial charge in [-0.3, -0.25) is 9.59 Å². The van der Waals surface area contributed by atoms with Gasteiger partial charge in [-0.25, -0.2) is 0 Å². The van der Waals surface area contributed by atoms with Gasteiger partial charge in [-0.2, -0.15) is 0 Å². The molecule has 0 heterocycles. The van der Waals surface area contributed by atoms with Crippen molar-refractivity contribution in [2.45, 2.75) is 52.4 Å². The molecule has 4 saturated carbocycles. The second kappa shape index (κ2) is 4.60. The van der Waals surface area contributed by atoms with E-state index in [1.54, 1.807) is 6.92 Å². The molecule has 3 heteroatoms. The number of carbonyl (C=O) groups is 2. The summed E-state index contributed by atoms with van der Waals surface area (Å²) in [6.07, 6.45) is 7.19. The standard InChI is InChI=1S/C16H24O3/c1-3-19-15(18)14(10(2)17)16-7-11-4-12(8-16)6-13(5-11)9-16/h11-14H,3-9H2,1-2H3/t11?,12?,13?,14-,16?/m1/s1. The zero-order valence-corrected chi connectivity index (χ0v) is 12.0. The van der Waals surface area contributed by atoms with Crippen molar-refractivity contribution >= 4 is 11.8 Å². The Balaban J connectivity index is 1.89. The van der Waals surface area contributed by atoms with E-state index >= 15 is 0 Å². The number of ketones is 1. The first-order valence-corrected chi connectivity index (χ1v) is 7.71. The van der Waals surface area contributed by atoms with Gasteiger partial charge in [-0.1, -0.05) is 0 Å². The fraction of sp³-hybridized carbons (Fsp3) is 0.875. The minimum Gasteiger partial charge on any atom is -0.465 e. The van der Waals surface area contributed by atoms with E-state index in [0.717, 1.165) is 37.0 Å². The monoisotopic (exact) mass is 264 g/mol. The Morgan fingerprint density at radius 3 is 1.95 bits per heavy atom. The fourth-order valence-electron chi connectivity index (χ4n) is 5.60. The average Bonchev–Trinajstić information content (AvgIpc) is 2.25. The fourth-order valence-corrected chi connectivity index (χ4v) is 5.60. The van der Waals surface area contributed by atoms with Crippen LogP contribution < -0.4 is 0 Å². The van der Waals surface area contributed by atoms with Gasteiger partial charge in [0, 0.05) is 0 Å². The molecule has 0 spiro atoms. The van der Waals surface area contributed by atoms with Gasteiger partial charge >= 0.3 is 5.97 Å². The normalized spacial score (nSPS) is 41.1. The zero-order chi connectivity index (χ0) is 13.6. The van der Waals surface area contributed by atoms with E-state index in [1.165, 1.54) is 19.3 Å². The van der Waals surface area contributed by atoms with Crippen molar-refractivity contribution in [3.8, 4) is 0 Å². The molecule has 0 radical (unpaired) electrons. The average molecular weight is 264 g/mol. The summed E-state index contributed by atoms with van der Waals surface area (Å²) in [5.41, 5.74) is -0.0627. The highest BCUT2D eigenvalue weighted by Gasteiger charge is 2.57. The Bertz CT molecular complexity index is 364. The van der Waals surface area contributed by atoms with Crippen molar-refractivity contribution in [1.82, 2.24) is 0 Å². The second-order valence-electron chi connectivity index (χ2n) is 7.08. The molecule has 106 valence electrons. The topological polar surface area (TPSA) is 43.4 Å². The first-order valence-electron chi connectivity index (χ1n) is 7.71. The number of ether oxygens (including phenoxy) is 1. The third-order valence-corrected chi connectivity index (χ3v) is 5.63. The van der Waals surface area contributed by atoms with Crippen molar-refractivity contribution in [1.29, 1.82) is 0 Å². The van der Waals surface area contributed by atoms with Gasteiger partial charge in [0.05, 0.1) is 6.61 Å². The molecule has 0 aromatic heterocycles. The van der Waals surface area contributed by atoms with Gasteiger partial charge in [-0.05, 0) is 75.5 Å². The molecule has 0 amide bonds. The van der Waals surface area contributed by atoms with E-state index in [-0.39, 0.29) is 17.2 Å². The van der Waals surface area contributed by atoms with E-state index < -0.39 is 5.92 Å². The molecule has 19 heavy (non-hydrogen) atoms. The maximum absolute atomic E-state index is 12.3. The maximum Gasteiger partial charge on any atom is 0.317 e. The van der Waals surface area contributed by atoms with E-state index in [0.29, 0.717) is 6.61 Å². The van der Waals surface area contributed by atoms with Crippen LogP contribution in [0.2, 0.25) is 0 Å². The number of hydrogen-bond donors (Lipinski definition) is 0. The molecular weight excluding hydrogens is 240 g/mol. The molecule has 0 N–H and O–H groups in total. The predicted octanol–water partition coefficient (Wildman–Crippen LogP) is 2.97. The lowest BCUT2D eigenvalue weighted by Crippen LogP contribution is -2.53. The van der Waals surface area contributed by atoms with Crippen molar-refractivity contribution in [2.24, 2.45) is 29.1 Å². The molecule has 4 fully saturated rings. The minimum absolute atomic E-state index is 0.0143. The molecule has 4 rings (SSSR count). The zero-order valence-electron chi connectivity index (χ0n) is 12.0. The van der Waals surface area contributed by atoms with Gasteiger partial charge in [-0.15, -0.1) is 0 Å². The molecule has 1 atom stereocenters. The van der Waals surface area contributed by atoms with Gasteiger partial charge in [0.25, 0.3) is 0 Å². The molecule has 0 saturated heterocycles. The van der Waals surface area contributed by atoms with Crippen LogP contribution in [0, 0.1) is 29.1 Å². The Kier molecular flexibility index (Phi) is 3.18. The number of rotatable bonds is 4. The van der Waals surface area contributed by atoms with Crippen LogP contribution in [-0.4, -0.2) is 18.4 Å². The van der Waals surface area contributed by atoms with Crippen LogP contribution in [0.3, 0.4) is 0 Å². The molecule has 0 aliphatic heterocycles. The van der Waals surface area contributed by atoms with Crippen LogP contribution >= 0.6 is 0 Å². The van der Waals surface area contributed by atoms with Gasteiger partial charge in [0.15, 0.2) is 0 Å². The Hall–Kier alpha value is -0.860. The molecule has 3 nitrogen and oxygen atoms in total. The Morgan fingerprint density at radius 1 is 1.11 bits per heavy atom. The van der Waals surface area contributed by atoms with E-state index in [4.69, 9.17) is 4.74 Å². The highest BCUT2D eigenvalue weighted by molar-refractivity contribution is 5.98. The van der Waals surface area contributed by atoms with Crippen LogP contribution in [0.1, 0.15) is 52.4 Å². The van der Waals surface area contributed by atoms with Crippen LogP contribution in [0.5, 0.6) is 0 Å². The molecule has 4 aliphatic carbocycles. The second-order valence-corrected chi connectivity index (χ2v) is 7.08. The largest absolute Gasteiger partial charge is 0.465 e. The SMILES string of the molecule is CCOC(=O)[C@@H](C(C)=O)C12CC3CC(CC(C3)C1)C2. The van der Waals surface area contributed by atoms with E-state index in [1.807, 2.05) is 6.92 Å². The highest BCUT2D eigenvalue weighted by atomic mass is 16.5. The molecule has 4 bridgehead atoms. The molecule has 4 aliphatic rings. The Labute approximate surface area is 115 Å². The van der Waals surface area contributed by atoms with Crippen molar-refractivity contribution < 1.29 is 14.3 Å². The molecule has 0 unspecified atom stereocenters. The highest BCUT2D eigenvalue weighted by Crippen LogP contribution is 2.63. The third-order valence-electron chi connectivity index (χ3n) is 5.63. The summed E-state index contributed by atoms with van der Waals surface area (Å²) in [6, 6.07) is 0. The number of hydrogen-bond acceptors (Lipinski definition) is 3. The van der Waals surface area contributed by atoms with Crippen LogP contribution in [0.4, 0.5) is 0 Å². The lowest BCUT2D eigenvalue weighted by atomic mass is 9.46. The van der Waals surface area contributed by atoms with Crippen molar-refractivity contribution in [2.75, 3.05) is 6.61 Å². The van der Waals surface area contributed by atoms with Gasteiger partial charge < -0.3 is 4.74 Å². The molecule has 0 aromatic carbocycles. The van der Waals surface area contributed by atoms with Crippen LogP contribution in [0.15, 0.2) is 0 Å². The molecular formula is C16H24O3. The Morgan fingerprint density at radius 2 is 1.58 bits per heavy atom. The molecule has 0 aromatic rings. The van der Waals surface area contributed by atoms with Gasteiger partial charge in [0.1, 0.15) is 11.7 Å². The van der Waals surface area contributed by atoms with Crippen LogP contribution in [0.25, 0.3) is 0 Å². The summed E-state index contributed by atoms with van der Waals surface area (Å²) in [6.45, 7) is 3.75. The van der Waals surface area contributed by atoms with E-state index in [2.05, 4.69) is 0 Å². The maximum atomic E-state index is 12.3. The van der Waals surface area contributed by atoms with Gasteiger partial charge in [0.2, 0.25) is 0 Å². The quantitative estimate of drug-likeness (QED) is 0.579. The summed E-state index contributed by atoms with van der Waals surface area (Å²) in [4.78, 5) is 24.3. The predicted molar refractivity (Wildman–Crippen MR) is 71.4 cm³/mol. The van der Waals surface area contributed by atoms with Crippen molar-refractivity contribution in [3.05, 3.63) is 0 Å². The first-order chi connectivity index (χ1) is 9.04. The summed E-state index contributed by atoms with van der Waals surface area (Å²) in [5, 5.41) is 0. The minimum atomic E-state index is -0.499. The summed E-state index contributed by atoms with van der Waals surface area (Å²) >= 11 is 0. The lowest BCUT2D eigenvalue weighted by molar-refractivity contribution is -0.167.